The summed E-state index contributed by atoms with van der Waals surface area (Å²) in [5.74, 6) is 2.47. The Morgan fingerprint density at radius 1 is 1.03 bits per heavy atom. The number of methoxy groups -OCH3 is 1. The van der Waals surface area contributed by atoms with Crippen LogP contribution < -0.4 is 15.0 Å². The lowest BCUT2D eigenvalue weighted by atomic mass is 10.1. The van der Waals surface area contributed by atoms with Gasteiger partial charge in [0.15, 0.2) is 5.82 Å². The molecule has 5 rings (SSSR count). The molecule has 0 aliphatic carbocycles. The Labute approximate surface area is 223 Å². The minimum Gasteiger partial charge on any atom is -0.496 e. The fraction of sp³-hybridized carbons (Fsp3) is 0.379. The van der Waals surface area contributed by atoms with Gasteiger partial charge >= 0.3 is 0 Å². The van der Waals surface area contributed by atoms with E-state index >= 15 is 0 Å². The van der Waals surface area contributed by atoms with Crippen LogP contribution in [0.15, 0.2) is 59.6 Å². The molecule has 7 nitrogen and oxygen atoms in total. The van der Waals surface area contributed by atoms with Gasteiger partial charge in [-0.25, -0.2) is 9.97 Å². The van der Waals surface area contributed by atoms with Gasteiger partial charge < -0.3 is 24.8 Å². The number of H-pyrrole nitrogens is 1. The molecule has 37 heavy (non-hydrogen) atoms. The molecule has 2 aromatic carbocycles. The van der Waals surface area contributed by atoms with Crippen molar-refractivity contribution in [3.63, 3.8) is 0 Å². The third kappa shape index (κ3) is 6.02. The van der Waals surface area contributed by atoms with Gasteiger partial charge in [-0.2, -0.15) is 0 Å². The Kier molecular flexibility index (Phi) is 7.86. The number of fused-ring (bicyclic) bond motifs is 1. The Morgan fingerprint density at radius 3 is 2.62 bits per heavy atom. The molecule has 194 valence electrons. The normalized spacial score (nSPS) is 14.5. The van der Waals surface area contributed by atoms with Gasteiger partial charge in [-0.15, -0.1) is 11.8 Å². The highest BCUT2D eigenvalue weighted by molar-refractivity contribution is 8.00. The summed E-state index contributed by atoms with van der Waals surface area (Å²) in [7, 11) is 3.91. The largest absolute Gasteiger partial charge is 0.496 e. The maximum atomic E-state index is 5.81. The Bertz CT molecular complexity index is 1350. The average molecular weight is 517 g/mol. The second-order valence-electron chi connectivity index (χ2n) is 9.82. The van der Waals surface area contributed by atoms with Crippen LogP contribution in [0.5, 0.6) is 5.75 Å². The molecule has 3 heterocycles. The van der Waals surface area contributed by atoms with Gasteiger partial charge in [-0.3, -0.25) is 0 Å². The van der Waals surface area contributed by atoms with Crippen molar-refractivity contribution in [2.45, 2.75) is 37.0 Å². The molecule has 1 saturated heterocycles. The Hall–Kier alpha value is -3.23. The minimum atomic E-state index is 0.527. The Balaban J connectivity index is 1.37. The number of aromatic nitrogens is 3. The van der Waals surface area contributed by atoms with Gasteiger partial charge in [0.2, 0.25) is 0 Å². The molecule has 1 aliphatic rings. The summed E-state index contributed by atoms with van der Waals surface area (Å²) in [6.07, 6.45) is 2.52. The van der Waals surface area contributed by atoms with Crippen molar-refractivity contribution in [1.29, 1.82) is 0 Å². The molecule has 2 aromatic heterocycles. The summed E-state index contributed by atoms with van der Waals surface area (Å²) < 4.78 is 5.81. The summed E-state index contributed by atoms with van der Waals surface area (Å²) in [6, 6.07) is 17.1. The maximum Gasteiger partial charge on any atom is 0.154 e. The van der Waals surface area contributed by atoms with Gasteiger partial charge in [-0.1, -0.05) is 38.1 Å². The molecule has 0 unspecified atom stereocenters. The monoisotopic (exact) mass is 516 g/mol. The third-order valence-corrected chi connectivity index (χ3v) is 7.85. The molecule has 0 radical (unpaired) electrons. The average Bonchev–Trinajstić information content (AvgIpc) is 3.37. The van der Waals surface area contributed by atoms with Gasteiger partial charge in [0.05, 0.1) is 12.6 Å². The van der Waals surface area contributed by atoms with Crippen LogP contribution in [0.4, 0.5) is 11.5 Å². The van der Waals surface area contributed by atoms with Crippen LogP contribution in [-0.2, 0) is 13.0 Å². The number of nitrogens with one attached hydrogen (secondary N) is 2. The van der Waals surface area contributed by atoms with Gasteiger partial charge in [0, 0.05) is 72.8 Å². The fourth-order valence-electron chi connectivity index (χ4n) is 4.71. The molecular weight excluding hydrogens is 480 g/mol. The quantitative estimate of drug-likeness (QED) is 0.288. The number of thioether (sulfide) groups is 1. The highest BCUT2D eigenvalue weighted by atomic mass is 32.2. The van der Waals surface area contributed by atoms with E-state index in [4.69, 9.17) is 14.7 Å². The molecule has 1 aliphatic heterocycles. The maximum absolute atomic E-state index is 5.81. The standard InChI is InChI=1S/C29H36N6OS/c1-20(2)37-26-8-6-5-7-22(26)19-31-29-28-24(11-12-30-28)32-27(33-29)17-21-9-10-23(18-25(21)36-4)35-15-13-34(3)14-16-35/h5-12,18,20,30H,13-17,19H2,1-4H3,(H,31,32,33). The summed E-state index contributed by atoms with van der Waals surface area (Å²) in [4.78, 5) is 19.2. The first kappa shape index (κ1) is 25.4. The van der Waals surface area contributed by atoms with Gasteiger partial charge in [0.25, 0.3) is 0 Å². The zero-order chi connectivity index (χ0) is 25.8. The third-order valence-electron chi connectivity index (χ3n) is 6.72. The number of likely N-dealkylation sites (N-methyl/N-ethyl adjacent to an activating group) is 1. The molecule has 0 saturated carbocycles. The van der Waals surface area contributed by atoms with E-state index in [1.807, 2.05) is 24.0 Å². The minimum absolute atomic E-state index is 0.527. The van der Waals surface area contributed by atoms with Crippen molar-refractivity contribution >= 4 is 34.3 Å². The summed E-state index contributed by atoms with van der Waals surface area (Å²) in [5.41, 5.74) is 5.39. The predicted octanol–water partition coefficient (Wildman–Crippen LogP) is 5.42. The van der Waals surface area contributed by atoms with Crippen molar-refractivity contribution in [1.82, 2.24) is 19.9 Å². The number of ether oxygens (including phenoxy) is 1. The van der Waals surface area contributed by atoms with Crippen molar-refractivity contribution < 1.29 is 4.74 Å². The van der Waals surface area contributed by atoms with E-state index in [1.165, 1.54) is 16.1 Å². The Morgan fingerprint density at radius 2 is 1.84 bits per heavy atom. The highest BCUT2D eigenvalue weighted by Crippen LogP contribution is 2.30. The first-order chi connectivity index (χ1) is 18.0. The van der Waals surface area contributed by atoms with Gasteiger partial charge in [-0.05, 0) is 30.8 Å². The number of aromatic amines is 1. The lowest BCUT2D eigenvalue weighted by Gasteiger charge is -2.34. The van der Waals surface area contributed by atoms with Crippen LogP contribution in [0.1, 0.15) is 30.8 Å². The van der Waals surface area contributed by atoms with E-state index in [9.17, 15) is 0 Å². The molecular formula is C29H36N6OS. The van der Waals surface area contributed by atoms with Crippen LogP contribution >= 0.6 is 11.8 Å². The molecule has 4 aromatic rings. The van der Waals surface area contributed by atoms with Crippen LogP contribution in [0.25, 0.3) is 11.0 Å². The number of piperazine rings is 1. The van der Waals surface area contributed by atoms with Crippen molar-refractivity contribution in [2.75, 3.05) is 50.6 Å². The fourth-order valence-corrected chi connectivity index (χ4v) is 5.67. The van der Waals surface area contributed by atoms with Crippen LogP contribution in [-0.4, -0.2) is 65.4 Å². The topological polar surface area (TPSA) is 69.3 Å². The van der Waals surface area contributed by atoms with Crippen molar-refractivity contribution in [3.8, 4) is 5.75 Å². The lowest BCUT2D eigenvalue weighted by Crippen LogP contribution is -2.44. The SMILES string of the molecule is COc1cc(N2CCN(C)CC2)ccc1Cc1nc(NCc2ccccc2SC(C)C)c2[nH]ccc2n1. The molecule has 2 N–H and O–H groups in total. The van der Waals surface area contributed by atoms with Crippen molar-refractivity contribution in [2.24, 2.45) is 0 Å². The van der Waals surface area contributed by atoms with Crippen molar-refractivity contribution in [3.05, 3.63) is 71.7 Å². The zero-order valence-electron chi connectivity index (χ0n) is 22.1. The van der Waals surface area contributed by atoms with E-state index in [0.717, 1.165) is 60.2 Å². The summed E-state index contributed by atoms with van der Waals surface area (Å²) >= 11 is 1.89. The van der Waals surface area contributed by atoms with E-state index in [0.29, 0.717) is 18.2 Å². The molecule has 8 heteroatoms. The molecule has 1 fully saturated rings. The van der Waals surface area contributed by atoms with E-state index in [1.54, 1.807) is 7.11 Å². The molecule has 0 bridgehead atoms. The first-order valence-corrected chi connectivity index (χ1v) is 13.8. The summed E-state index contributed by atoms with van der Waals surface area (Å²) in [5, 5.41) is 4.10. The molecule has 0 amide bonds. The number of rotatable bonds is 9. The van der Waals surface area contributed by atoms with E-state index in [-0.39, 0.29) is 0 Å². The van der Waals surface area contributed by atoms with Gasteiger partial charge in [0.1, 0.15) is 17.1 Å². The van der Waals surface area contributed by atoms with E-state index in [2.05, 4.69) is 83.5 Å². The second kappa shape index (κ2) is 11.4. The number of hydrogen-bond donors (Lipinski definition) is 2. The number of benzene rings is 2. The van der Waals surface area contributed by atoms with Crippen LogP contribution in [0, 0.1) is 0 Å². The second-order valence-corrected chi connectivity index (χ2v) is 11.4. The van der Waals surface area contributed by atoms with Crippen LogP contribution in [0.2, 0.25) is 0 Å². The smallest absolute Gasteiger partial charge is 0.154 e. The molecule has 0 atom stereocenters. The highest BCUT2D eigenvalue weighted by Gasteiger charge is 2.17. The zero-order valence-corrected chi connectivity index (χ0v) is 22.9. The number of anilines is 2. The predicted molar refractivity (Wildman–Crippen MR) is 154 cm³/mol. The molecule has 0 spiro atoms. The van der Waals surface area contributed by atoms with Crippen LogP contribution in [0.3, 0.4) is 0 Å². The van der Waals surface area contributed by atoms with E-state index < -0.39 is 0 Å². The number of hydrogen-bond acceptors (Lipinski definition) is 7. The lowest BCUT2D eigenvalue weighted by molar-refractivity contribution is 0.312. The number of nitrogens with zero attached hydrogens (tertiary/aromatic N) is 4. The first-order valence-electron chi connectivity index (χ1n) is 12.9. The summed E-state index contributed by atoms with van der Waals surface area (Å²) in [6.45, 7) is 9.35.